The highest BCUT2D eigenvalue weighted by Gasteiger charge is 2.12. The van der Waals surface area contributed by atoms with Gasteiger partial charge in [-0.3, -0.25) is 20.2 Å². The van der Waals surface area contributed by atoms with Gasteiger partial charge in [0.05, 0.1) is 44.3 Å². The summed E-state index contributed by atoms with van der Waals surface area (Å²) in [4.78, 5) is 35.8. The highest BCUT2D eigenvalue weighted by atomic mass is 127. The van der Waals surface area contributed by atoms with Crippen LogP contribution in [0.25, 0.3) is 23.1 Å². The molecule has 20 nitrogen and oxygen atoms in total. The third kappa shape index (κ3) is 11.2. The lowest BCUT2D eigenvalue weighted by Crippen LogP contribution is -2.07. The maximum Gasteiger partial charge on any atom is 0.288 e. The lowest BCUT2D eigenvalue weighted by atomic mass is 10.3. The van der Waals surface area contributed by atoms with Crippen LogP contribution in [0.3, 0.4) is 0 Å². The number of rotatable bonds is 6. The molecule has 8 aromatic rings. The predicted molar refractivity (Wildman–Crippen MR) is 231 cm³/mol. The second-order valence-corrected chi connectivity index (χ2v) is 14.3. The van der Waals surface area contributed by atoms with Crippen LogP contribution in [0.15, 0.2) is 123 Å². The Morgan fingerprint density at radius 1 is 0.536 bits per heavy atom. The van der Waals surface area contributed by atoms with Crippen molar-refractivity contribution in [3.63, 3.8) is 0 Å². The molecule has 0 aliphatic carbocycles. The molecule has 0 atom stereocenters. The topological polar surface area (TPSA) is 261 Å². The maximum absolute atomic E-state index is 10.5. The van der Waals surface area contributed by atoms with Gasteiger partial charge in [0.2, 0.25) is 0 Å². The highest BCUT2D eigenvalue weighted by molar-refractivity contribution is 14.1. The molecular formula is C32H24ClI3N16O4. The summed E-state index contributed by atoms with van der Waals surface area (Å²) >= 11 is 11.6. The monoisotopic (exact) mass is 1110 g/mol. The van der Waals surface area contributed by atoms with Gasteiger partial charge in [-0.05, 0) is 104 Å². The third-order valence-electron chi connectivity index (χ3n) is 6.64. The first kappa shape index (κ1) is 41.5. The summed E-state index contributed by atoms with van der Waals surface area (Å²) in [5, 5.41) is 37.4. The van der Waals surface area contributed by atoms with Gasteiger partial charge in [-0.1, -0.05) is 11.6 Å². The third-order valence-corrected chi connectivity index (χ3v) is 9.67. The molecule has 0 saturated carbocycles. The summed E-state index contributed by atoms with van der Waals surface area (Å²) in [6, 6.07) is 13.8. The Kier molecular flexibility index (Phi) is 14.6. The van der Waals surface area contributed by atoms with E-state index in [0.717, 1.165) is 21.3 Å². The SMILES string of the molecule is Nc1cnc(-n2cccn2)c(-n2cccn2)c1.Nc1cnc(-n2cccn2)c(I)c1.O=[N+]([O-])c1cnc(-n2cccn2)c(I)c1.O=[N+]([O-])c1cnc(Cl)c(I)c1. The normalized spacial score (nSPS) is 10.2. The van der Waals surface area contributed by atoms with Crippen molar-refractivity contribution in [1.29, 1.82) is 0 Å². The number of nitro groups is 2. The van der Waals surface area contributed by atoms with E-state index in [9.17, 15) is 20.2 Å². The van der Waals surface area contributed by atoms with E-state index in [1.54, 1.807) is 68.2 Å². The average Bonchev–Trinajstić information content (AvgIpc) is 4.02. The van der Waals surface area contributed by atoms with Crippen molar-refractivity contribution < 1.29 is 9.85 Å². The standard InChI is InChI=1S/C11H10N6.C8H5IN4O2.C8H7IN4.C5H2ClIN2O2/c12-9-7-10(16-5-1-3-14-16)11(13-8-9)17-6-2-4-15-17;9-7-4-6(13(14)15)5-10-8(7)12-3-1-2-11-12;9-7-4-6(10)5-11-8(7)13-3-1-2-12-13;6-5-4(7)1-3(2-8-5)9(10)11/h1-8H,12H2;1-5H;1-5H,10H2;1-2H. The lowest BCUT2D eigenvalue weighted by molar-refractivity contribution is -0.385. The Morgan fingerprint density at radius 2 is 0.929 bits per heavy atom. The Hall–Kier alpha value is -5.68. The molecule has 4 N–H and O–H groups in total. The van der Waals surface area contributed by atoms with Gasteiger partial charge in [0, 0.05) is 61.7 Å². The largest absolute Gasteiger partial charge is 0.397 e. The van der Waals surface area contributed by atoms with Gasteiger partial charge in [-0.25, -0.2) is 38.7 Å². The van der Waals surface area contributed by atoms with Crippen LogP contribution in [0.2, 0.25) is 5.15 Å². The highest BCUT2D eigenvalue weighted by Crippen LogP contribution is 2.21. The Balaban J connectivity index is 0.000000145. The number of pyridine rings is 4. The van der Waals surface area contributed by atoms with E-state index in [1.165, 1.54) is 18.3 Å². The minimum Gasteiger partial charge on any atom is -0.397 e. The fourth-order valence-electron chi connectivity index (χ4n) is 4.21. The lowest BCUT2D eigenvalue weighted by Gasteiger charge is -2.09. The van der Waals surface area contributed by atoms with Crippen molar-refractivity contribution in [2.24, 2.45) is 0 Å². The van der Waals surface area contributed by atoms with Crippen molar-refractivity contribution in [3.8, 4) is 23.1 Å². The average molecular weight is 1110 g/mol. The van der Waals surface area contributed by atoms with Gasteiger partial charge >= 0.3 is 0 Å². The van der Waals surface area contributed by atoms with Crippen LogP contribution >= 0.6 is 79.4 Å². The van der Waals surface area contributed by atoms with Crippen molar-refractivity contribution in [2.45, 2.75) is 0 Å². The Morgan fingerprint density at radius 3 is 1.36 bits per heavy atom. The summed E-state index contributed by atoms with van der Waals surface area (Å²) in [6.45, 7) is 0. The van der Waals surface area contributed by atoms with Gasteiger partial charge in [-0.2, -0.15) is 20.4 Å². The first-order valence-corrected chi connectivity index (χ1v) is 18.9. The molecule has 8 rings (SSSR count). The van der Waals surface area contributed by atoms with Crippen LogP contribution in [0.1, 0.15) is 0 Å². The van der Waals surface area contributed by atoms with E-state index < -0.39 is 9.85 Å². The predicted octanol–water partition coefficient (Wildman–Crippen LogP) is 6.52. The fraction of sp³-hybridized carbons (Fsp3) is 0. The van der Waals surface area contributed by atoms with Crippen LogP contribution in [-0.2, 0) is 0 Å². The number of hydrogen-bond acceptors (Lipinski definition) is 14. The molecule has 0 amide bonds. The zero-order valence-corrected chi connectivity index (χ0v) is 35.3. The molecule has 8 aromatic heterocycles. The molecule has 0 fully saturated rings. The molecule has 0 spiro atoms. The summed E-state index contributed by atoms with van der Waals surface area (Å²) in [7, 11) is 0. The quantitative estimate of drug-likeness (QED) is 0.0778. The van der Waals surface area contributed by atoms with Crippen LogP contribution in [0.5, 0.6) is 0 Å². The van der Waals surface area contributed by atoms with Crippen molar-refractivity contribution >= 4 is 102 Å². The van der Waals surface area contributed by atoms with Crippen molar-refractivity contribution in [1.82, 2.24) is 59.1 Å². The maximum atomic E-state index is 10.5. The zero-order chi connectivity index (χ0) is 40.2. The van der Waals surface area contributed by atoms with Crippen molar-refractivity contribution in [3.05, 3.63) is 159 Å². The van der Waals surface area contributed by atoms with Crippen LogP contribution in [0.4, 0.5) is 22.7 Å². The number of halogens is 4. The van der Waals surface area contributed by atoms with Gasteiger partial charge < -0.3 is 11.5 Å². The number of hydrogen-bond donors (Lipinski definition) is 2. The van der Waals surface area contributed by atoms with E-state index in [4.69, 9.17) is 23.1 Å². The summed E-state index contributed by atoms with van der Waals surface area (Å²) in [6.07, 6.45) is 19.6. The van der Waals surface area contributed by atoms with E-state index >= 15 is 0 Å². The number of nitrogens with two attached hydrogens (primary N) is 2. The number of nitrogen functional groups attached to an aromatic ring is 2. The molecule has 0 unspecified atom stereocenters. The van der Waals surface area contributed by atoms with Gasteiger partial charge in [0.15, 0.2) is 17.5 Å². The molecular weight excluding hydrogens is 1090 g/mol. The summed E-state index contributed by atoms with van der Waals surface area (Å²) < 4.78 is 8.91. The number of aromatic nitrogens is 12. The molecule has 284 valence electrons. The molecule has 0 aliphatic heterocycles. The number of anilines is 2. The van der Waals surface area contributed by atoms with Gasteiger partial charge in [0.1, 0.15) is 23.2 Å². The zero-order valence-electron chi connectivity index (χ0n) is 28.1. The molecule has 0 saturated heterocycles. The molecule has 0 aliphatic rings. The molecule has 0 bridgehead atoms. The number of nitrogens with zero attached hydrogens (tertiary/aromatic N) is 14. The van der Waals surface area contributed by atoms with E-state index in [0.29, 0.717) is 30.2 Å². The summed E-state index contributed by atoms with van der Waals surface area (Å²) in [5.41, 5.74) is 13.3. The second-order valence-electron chi connectivity index (χ2n) is 10.5. The smallest absolute Gasteiger partial charge is 0.288 e. The molecule has 24 heteroatoms. The van der Waals surface area contributed by atoms with Gasteiger partial charge in [-0.15, -0.1) is 0 Å². The van der Waals surface area contributed by atoms with E-state index in [-0.39, 0.29) is 16.5 Å². The van der Waals surface area contributed by atoms with E-state index in [2.05, 4.69) is 62.9 Å². The minimum absolute atomic E-state index is 0.0182. The Labute approximate surface area is 361 Å². The summed E-state index contributed by atoms with van der Waals surface area (Å²) in [5.74, 6) is 2.08. The first-order chi connectivity index (χ1) is 26.9. The Bertz CT molecular complexity index is 2520. The van der Waals surface area contributed by atoms with Crippen LogP contribution < -0.4 is 11.5 Å². The molecule has 8 heterocycles. The second kappa shape index (κ2) is 19.8. The van der Waals surface area contributed by atoms with Crippen LogP contribution in [-0.4, -0.2) is 68.9 Å². The van der Waals surface area contributed by atoms with Crippen LogP contribution in [0, 0.1) is 30.9 Å². The van der Waals surface area contributed by atoms with E-state index in [1.807, 2.05) is 94.1 Å². The molecule has 0 aromatic carbocycles. The van der Waals surface area contributed by atoms with Crippen molar-refractivity contribution in [2.75, 3.05) is 11.5 Å². The minimum atomic E-state index is -0.508. The molecule has 56 heavy (non-hydrogen) atoms. The first-order valence-electron chi connectivity index (χ1n) is 15.3. The molecule has 0 radical (unpaired) electrons. The fourth-order valence-corrected chi connectivity index (χ4v) is 6.23. The van der Waals surface area contributed by atoms with Gasteiger partial charge in [0.25, 0.3) is 11.4 Å².